The summed E-state index contributed by atoms with van der Waals surface area (Å²) >= 11 is 0. The summed E-state index contributed by atoms with van der Waals surface area (Å²) in [6.45, 7) is 10.9. The first-order valence-corrected chi connectivity index (χ1v) is 27.4. The number of rotatable bonds is 12. The third-order valence-corrected chi connectivity index (χ3v) is 21.2. The Morgan fingerprint density at radius 2 is 1.18 bits per heavy atom. The van der Waals surface area contributed by atoms with E-state index in [-0.39, 0.29) is 52.6 Å². The first kappa shape index (κ1) is 59.0. The van der Waals surface area contributed by atoms with Crippen LogP contribution in [0.4, 0.5) is 0 Å². The van der Waals surface area contributed by atoms with Gasteiger partial charge in [0.15, 0.2) is 18.9 Å². The van der Waals surface area contributed by atoms with E-state index in [1.165, 1.54) is 5.57 Å². The number of ether oxygens (including phenoxy) is 8. The van der Waals surface area contributed by atoms with Gasteiger partial charge in [-0.05, 0) is 104 Å². The van der Waals surface area contributed by atoms with Crippen LogP contribution in [0.15, 0.2) is 11.6 Å². The monoisotopic (exact) mass is 1090 g/mol. The van der Waals surface area contributed by atoms with Crippen LogP contribution in [0.2, 0.25) is 0 Å². The molecule has 0 aromatic carbocycles. The third-order valence-electron chi connectivity index (χ3n) is 21.2. The molecule has 4 aliphatic heterocycles. The van der Waals surface area contributed by atoms with Crippen LogP contribution in [0.3, 0.4) is 0 Å². The maximum atomic E-state index is 15.1. The molecule has 0 amide bonds. The van der Waals surface area contributed by atoms with Crippen molar-refractivity contribution in [3.8, 4) is 0 Å². The largest absolute Gasteiger partial charge is 0.432 e. The number of carbonyl (C=O) groups excluding carboxylic acids is 1. The minimum atomic E-state index is -1.85. The minimum absolute atomic E-state index is 0.0715. The molecule has 23 nitrogen and oxygen atoms in total. The van der Waals surface area contributed by atoms with Crippen LogP contribution >= 0.6 is 0 Å². The average molecular weight is 1090 g/mol. The van der Waals surface area contributed by atoms with E-state index in [4.69, 9.17) is 37.9 Å². The Labute approximate surface area is 442 Å². The molecular formula is C53H86O23. The van der Waals surface area contributed by atoms with Crippen LogP contribution in [-0.2, 0) is 42.7 Å². The van der Waals surface area contributed by atoms with Crippen LogP contribution in [0.5, 0.6) is 0 Å². The maximum absolute atomic E-state index is 15.1. The fraction of sp³-hybridized carbons (Fsp3) is 0.943. The van der Waals surface area contributed by atoms with E-state index in [0.717, 1.165) is 12.8 Å². The summed E-state index contributed by atoms with van der Waals surface area (Å²) in [5.74, 6) is -0.803. The van der Waals surface area contributed by atoms with Gasteiger partial charge in [0, 0.05) is 5.41 Å². The number of aliphatic hydroxyl groups is 14. The molecule has 0 radical (unpaired) electrons. The molecule has 0 aromatic heterocycles. The Morgan fingerprint density at radius 3 is 1.82 bits per heavy atom. The zero-order chi connectivity index (χ0) is 55.4. The summed E-state index contributed by atoms with van der Waals surface area (Å²) in [5, 5.41) is 149. The Bertz CT molecular complexity index is 2080. The number of allylic oxidation sites excluding steroid dienone is 2. The molecule has 0 spiro atoms. The molecule has 28 atom stereocenters. The second-order valence-electron chi connectivity index (χ2n) is 25.7. The predicted octanol–water partition coefficient (Wildman–Crippen LogP) is -2.42. The first-order chi connectivity index (χ1) is 35.7. The van der Waals surface area contributed by atoms with Crippen LogP contribution < -0.4 is 0 Å². The number of hydrogen-bond donors (Lipinski definition) is 14. The molecule has 0 aromatic rings. The zero-order valence-corrected chi connectivity index (χ0v) is 44.4. The number of hydrogen-bond acceptors (Lipinski definition) is 23. The molecule has 436 valence electrons. The highest BCUT2D eigenvalue weighted by atomic mass is 16.8. The Kier molecular flexibility index (Phi) is 16.8. The molecule has 8 fully saturated rings. The molecule has 9 rings (SSSR count). The lowest BCUT2D eigenvalue weighted by atomic mass is 9.33. The van der Waals surface area contributed by atoms with E-state index >= 15 is 4.79 Å². The van der Waals surface area contributed by atoms with Crippen molar-refractivity contribution in [3.05, 3.63) is 11.6 Å². The summed E-state index contributed by atoms with van der Waals surface area (Å²) in [6.07, 6.45) is -22.4. The zero-order valence-electron chi connectivity index (χ0n) is 44.4. The van der Waals surface area contributed by atoms with Crippen molar-refractivity contribution in [3.63, 3.8) is 0 Å². The number of carbonyl (C=O) groups is 1. The van der Waals surface area contributed by atoms with Crippen LogP contribution in [0, 0.1) is 50.2 Å². The van der Waals surface area contributed by atoms with Crippen molar-refractivity contribution in [1.29, 1.82) is 0 Å². The predicted molar refractivity (Wildman–Crippen MR) is 258 cm³/mol. The molecule has 4 heterocycles. The molecular weight excluding hydrogens is 1000 g/mol. The van der Waals surface area contributed by atoms with Crippen molar-refractivity contribution in [1.82, 2.24) is 0 Å². The van der Waals surface area contributed by atoms with Gasteiger partial charge in [-0.3, -0.25) is 4.79 Å². The molecule has 4 saturated heterocycles. The summed E-state index contributed by atoms with van der Waals surface area (Å²) < 4.78 is 47.4. The van der Waals surface area contributed by atoms with E-state index < -0.39 is 159 Å². The van der Waals surface area contributed by atoms with Gasteiger partial charge in [-0.1, -0.05) is 53.2 Å². The average Bonchev–Trinajstić information content (AvgIpc) is 3.38. The molecule has 23 heteroatoms. The Morgan fingerprint density at radius 1 is 0.605 bits per heavy atom. The van der Waals surface area contributed by atoms with Gasteiger partial charge in [0.05, 0.1) is 44.6 Å². The lowest BCUT2D eigenvalue weighted by Crippen LogP contribution is -2.67. The summed E-state index contributed by atoms with van der Waals surface area (Å²) in [7, 11) is 0. The fourth-order valence-electron chi connectivity index (χ4n) is 16.1. The van der Waals surface area contributed by atoms with Gasteiger partial charge in [0.25, 0.3) is 0 Å². The van der Waals surface area contributed by atoms with E-state index in [0.29, 0.717) is 51.4 Å². The highest BCUT2D eigenvalue weighted by Crippen LogP contribution is 2.76. The van der Waals surface area contributed by atoms with E-state index in [9.17, 15) is 71.5 Å². The topological polar surface area (TPSA) is 374 Å². The molecule has 0 unspecified atom stereocenters. The molecule has 14 N–H and O–H groups in total. The Balaban J connectivity index is 0.931. The normalized spacial score (nSPS) is 54.3. The quantitative estimate of drug-likeness (QED) is 0.0549. The maximum Gasteiger partial charge on any atom is 0.315 e. The van der Waals surface area contributed by atoms with Crippen molar-refractivity contribution >= 4 is 5.97 Å². The summed E-state index contributed by atoms with van der Waals surface area (Å²) in [6, 6.07) is 0. The van der Waals surface area contributed by atoms with Gasteiger partial charge in [-0.2, -0.15) is 0 Å². The van der Waals surface area contributed by atoms with Crippen molar-refractivity contribution in [2.45, 2.75) is 229 Å². The number of fused-ring (bicyclic) bond motifs is 7. The second kappa shape index (κ2) is 21.6. The van der Waals surface area contributed by atoms with Gasteiger partial charge in [-0.25, -0.2) is 0 Å². The first-order valence-electron chi connectivity index (χ1n) is 27.4. The van der Waals surface area contributed by atoms with Crippen molar-refractivity contribution in [2.75, 3.05) is 33.0 Å². The molecule has 4 saturated carbocycles. The molecule has 0 bridgehead atoms. The Hall–Kier alpha value is -1.63. The van der Waals surface area contributed by atoms with Gasteiger partial charge in [0.1, 0.15) is 91.6 Å². The molecule has 9 aliphatic rings. The lowest BCUT2D eigenvalue weighted by Gasteiger charge is -2.71. The van der Waals surface area contributed by atoms with Crippen LogP contribution in [-0.4, -0.2) is 233 Å². The molecule has 76 heavy (non-hydrogen) atoms. The summed E-state index contributed by atoms with van der Waals surface area (Å²) in [4.78, 5) is 15.1. The highest BCUT2D eigenvalue weighted by molar-refractivity contribution is 5.79. The van der Waals surface area contributed by atoms with Crippen molar-refractivity contribution in [2.24, 2.45) is 50.2 Å². The summed E-state index contributed by atoms with van der Waals surface area (Å²) in [5.41, 5.74) is -1.83. The van der Waals surface area contributed by atoms with Gasteiger partial charge in [-0.15, -0.1) is 0 Å². The van der Waals surface area contributed by atoms with E-state index in [1.54, 1.807) is 0 Å². The lowest BCUT2D eigenvalue weighted by molar-refractivity contribution is -0.368. The molecule has 5 aliphatic carbocycles. The van der Waals surface area contributed by atoms with Gasteiger partial charge in [0.2, 0.25) is 6.29 Å². The standard InChI is InChI=1S/C53H86O23/c1-48(2)13-15-53(47(68)76-45-41(67)38(64)35(61)28(73-45)21-70-43-39(65)36(62)33(59)26(18-54)71-43)16-14-51(5)23(24(53)17-48)7-8-30-49(3)11-10-31(50(4,22-56)29(49)9-12-52(30,51)6)74-46-42(32(58)25(57)20-69-46)75-44-40(66)37(63)34(60)27(19-55)72-44/h7,24-46,54-67H,8-22H2,1-6H3/t24-,25+,26-,27-,28-,29-,30-,31-,32+,33-,34-,35-,36+,37+,38+,39-,40-,41-,42-,43-,44+,45+,46+,49+,50+,51-,52-,53-/m1/s1. The van der Waals surface area contributed by atoms with Crippen LogP contribution in [0.25, 0.3) is 0 Å². The third kappa shape index (κ3) is 9.56. The minimum Gasteiger partial charge on any atom is -0.432 e. The highest BCUT2D eigenvalue weighted by Gasteiger charge is 2.71. The van der Waals surface area contributed by atoms with Gasteiger partial charge >= 0.3 is 5.97 Å². The second-order valence-corrected chi connectivity index (χ2v) is 25.7. The van der Waals surface area contributed by atoms with E-state index in [1.807, 2.05) is 6.92 Å². The number of aliphatic hydroxyl groups excluding tert-OH is 14. The fourth-order valence-corrected chi connectivity index (χ4v) is 16.1. The SMILES string of the molecule is CC1(C)CC[C@@]2(C(=O)O[C@@H]3O[C@H](CO[C@@H]4O[C@H](CO)[C@@H](O)[C@H](O)[C@H]4O)[C@@H](O)[C@H](O)[C@H]3O)CC[C@]3(C)C(=CC[C@@H]4[C@@]5(C)CC[C@@H](O[C@@H]6OC[C@H](O)[C@H](O)[C@H]6O[C@@H]6O[C@H](CO)[C@@H](O)[C@H](O)[C@H]6O)[C@@](C)(CO)[C@@H]5CC[C@]43C)[C@H]2C1. The smallest absolute Gasteiger partial charge is 0.315 e. The van der Waals surface area contributed by atoms with Crippen molar-refractivity contribution < 1.29 is 114 Å². The van der Waals surface area contributed by atoms with Gasteiger partial charge < -0.3 is 109 Å². The number of esters is 1. The van der Waals surface area contributed by atoms with Crippen LogP contribution in [0.1, 0.15) is 106 Å². The van der Waals surface area contributed by atoms with E-state index in [2.05, 4.69) is 40.7 Å².